The second-order valence-corrected chi connectivity index (χ2v) is 4.85. The number of nitrogens with one attached hydrogen (secondary N) is 1. The minimum atomic E-state index is -0.417. The first-order valence-corrected chi connectivity index (χ1v) is 7.17. The minimum absolute atomic E-state index is 0.0344. The van der Waals surface area contributed by atoms with E-state index in [0.717, 1.165) is 18.1 Å². The predicted molar refractivity (Wildman–Crippen MR) is 80.3 cm³/mol. The van der Waals surface area contributed by atoms with Crippen LogP contribution in [0.3, 0.4) is 0 Å². The van der Waals surface area contributed by atoms with Gasteiger partial charge in [0, 0.05) is 35.9 Å². The zero-order valence-electron chi connectivity index (χ0n) is 10.9. The molecule has 19 heavy (non-hydrogen) atoms. The number of nitro benzene ring substituents is 1. The summed E-state index contributed by atoms with van der Waals surface area (Å²) in [6.45, 7) is 6.72. The Morgan fingerprint density at radius 1 is 1.53 bits per heavy atom. The highest BCUT2D eigenvalue weighted by atomic mass is 32.2. The first-order chi connectivity index (χ1) is 9.17. The molecule has 0 aromatic heterocycles. The Morgan fingerprint density at radius 2 is 2.32 bits per heavy atom. The highest BCUT2D eigenvalue weighted by Gasteiger charge is 2.10. The molecular formula is C13H18N2O3S. The number of thioether (sulfide) groups is 1. The molecule has 0 atom stereocenters. The standard InChI is InChI=1S/C13H18N2O3S/c1-3-6-19-7-5-14-11-8-12(15(16)17)10-13(9-11)18-4-2/h3,8-10,14H,1,4-7H2,2H3. The fourth-order valence-corrected chi connectivity index (χ4v) is 2.05. The smallest absolute Gasteiger partial charge is 0.275 e. The molecule has 1 rings (SSSR count). The minimum Gasteiger partial charge on any atom is -0.494 e. The van der Waals surface area contributed by atoms with Gasteiger partial charge in [0.05, 0.1) is 17.6 Å². The van der Waals surface area contributed by atoms with Crippen LogP contribution in [0, 0.1) is 10.1 Å². The van der Waals surface area contributed by atoms with Gasteiger partial charge in [0.15, 0.2) is 0 Å². The normalized spacial score (nSPS) is 9.95. The number of ether oxygens (including phenoxy) is 1. The van der Waals surface area contributed by atoms with Crippen LogP contribution in [0.1, 0.15) is 6.92 Å². The van der Waals surface area contributed by atoms with Gasteiger partial charge >= 0.3 is 0 Å². The summed E-state index contributed by atoms with van der Waals surface area (Å²) in [7, 11) is 0. The SMILES string of the molecule is C=CCSCCNc1cc(OCC)cc([N+](=O)[O-])c1. The molecule has 104 valence electrons. The number of anilines is 1. The highest BCUT2D eigenvalue weighted by Crippen LogP contribution is 2.26. The van der Waals surface area contributed by atoms with Crippen LogP contribution < -0.4 is 10.1 Å². The number of non-ortho nitro benzene ring substituents is 1. The maximum absolute atomic E-state index is 10.8. The van der Waals surface area contributed by atoms with Crippen molar-refractivity contribution in [2.24, 2.45) is 0 Å². The fourth-order valence-electron chi connectivity index (χ4n) is 1.48. The topological polar surface area (TPSA) is 64.4 Å². The van der Waals surface area contributed by atoms with Crippen LogP contribution in [0.5, 0.6) is 5.75 Å². The lowest BCUT2D eigenvalue weighted by Gasteiger charge is -2.09. The van der Waals surface area contributed by atoms with Crippen molar-refractivity contribution in [3.05, 3.63) is 41.0 Å². The summed E-state index contributed by atoms with van der Waals surface area (Å²) >= 11 is 1.75. The van der Waals surface area contributed by atoms with E-state index in [4.69, 9.17) is 4.74 Å². The van der Waals surface area contributed by atoms with E-state index in [9.17, 15) is 10.1 Å². The maximum atomic E-state index is 10.8. The molecule has 1 N–H and O–H groups in total. The van der Waals surface area contributed by atoms with Crippen molar-refractivity contribution in [2.75, 3.05) is 30.0 Å². The Bertz CT molecular complexity index is 438. The summed E-state index contributed by atoms with van der Waals surface area (Å²) in [4.78, 5) is 10.4. The van der Waals surface area contributed by atoms with Gasteiger partial charge in [-0.15, -0.1) is 6.58 Å². The quantitative estimate of drug-likeness (QED) is 0.326. The molecule has 5 nitrogen and oxygen atoms in total. The second kappa shape index (κ2) is 8.42. The van der Waals surface area contributed by atoms with Gasteiger partial charge in [-0.05, 0) is 6.92 Å². The van der Waals surface area contributed by atoms with Crippen molar-refractivity contribution in [1.82, 2.24) is 0 Å². The van der Waals surface area contributed by atoms with E-state index in [2.05, 4.69) is 11.9 Å². The molecule has 1 aromatic carbocycles. The summed E-state index contributed by atoms with van der Waals surface area (Å²) in [6.07, 6.45) is 1.85. The maximum Gasteiger partial charge on any atom is 0.275 e. The van der Waals surface area contributed by atoms with Gasteiger partial charge in [0.2, 0.25) is 0 Å². The van der Waals surface area contributed by atoms with E-state index in [0.29, 0.717) is 18.0 Å². The number of rotatable bonds is 9. The monoisotopic (exact) mass is 282 g/mol. The zero-order chi connectivity index (χ0) is 14.1. The summed E-state index contributed by atoms with van der Waals surface area (Å²) in [5, 5.41) is 14.0. The lowest BCUT2D eigenvalue weighted by atomic mass is 10.2. The molecule has 0 bridgehead atoms. The van der Waals surface area contributed by atoms with Gasteiger partial charge in [0.25, 0.3) is 5.69 Å². The van der Waals surface area contributed by atoms with E-state index >= 15 is 0 Å². The number of nitro groups is 1. The van der Waals surface area contributed by atoms with E-state index in [-0.39, 0.29) is 5.69 Å². The van der Waals surface area contributed by atoms with Crippen molar-refractivity contribution in [1.29, 1.82) is 0 Å². The van der Waals surface area contributed by atoms with Gasteiger partial charge < -0.3 is 10.1 Å². The molecule has 0 saturated carbocycles. The molecule has 0 aliphatic carbocycles. The molecule has 6 heteroatoms. The molecule has 1 aromatic rings. The summed E-state index contributed by atoms with van der Waals surface area (Å²) < 4.78 is 5.32. The van der Waals surface area contributed by atoms with E-state index in [1.165, 1.54) is 12.1 Å². The lowest BCUT2D eigenvalue weighted by molar-refractivity contribution is -0.384. The first-order valence-electron chi connectivity index (χ1n) is 6.02. The molecule has 0 radical (unpaired) electrons. The Labute approximate surface area is 117 Å². The average molecular weight is 282 g/mol. The van der Waals surface area contributed by atoms with Crippen LogP contribution in [0.4, 0.5) is 11.4 Å². The van der Waals surface area contributed by atoms with Gasteiger partial charge in [0.1, 0.15) is 5.75 Å². The fraction of sp³-hybridized carbons (Fsp3) is 0.385. The van der Waals surface area contributed by atoms with Gasteiger partial charge in [-0.2, -0.15) is 11.8 Å². The van der Waals surface area contributed by atoms with Crippen molar-refractivity contribution in [3.8, 4) is 5.75 Å². The Morgan fingerprint density at radius 3 is 2.95 bits per heavy atom. The van der Waals surface area contributed by atoms with E-state index in [1.807, 2.05) is 13.0 Å². The van der Waals surface area contributed by atoms with Crippen molar-refractivity contribution >= 4 is 23.1 Å². The first kappa shape index (κ1) is 15.4. The van der Waals surface area contributed by atoms with Crippen molar-refractivity contribution < 1.29 is 9.66 Å². The average Bonchev–Trinajstić information content (AvgIpc) is 2.38. The van der Waals surface area contributed by atoms with Crippen molar-refractivity contribution in [3.63, 3.8) is 0 Å². The Balaban J connectivity index is 2.64. The molecule has 0 aliphatic rings. The van der Waals surface area contributed by atoms with E-state index < -0.39 is 4.92 Å². The number of benzene rings is 1. The zero-order valence-corrected chi connectivity index (χ0v) is 11.7. The van der Waals surface area contributed by atoms with Crippen LogP contribution in [-0.4, -0.2) is 29.6 Å². The highest BCUT2D eigenvalue weighted by molar-refractivity contribution is 7.99. The van der Waals surface area contributed by atoms with Crippen LogP contribution >= 0.6 is 11.8 Å². The van der Waals surface area contributed by atoms with Gasteiger partial charge in [-0.3, -0.25) is 10.1 Å². The molecule has 0 amide bonds. The molecule has 0 heterocycles. The van der Waals surface area contributed by atoms with Gasteiger partial charge in [-0.25, -0.2) is 0 Å². The third-order valence-electron chi connectivity index (χ3n) is 2.22. The largest absolute Gasteiger partial charge is 0.494 e. The number of hydrogen-bond donors (Lipinski definition) is 1. The molecule has 0 saturated heterocycles. The molecule has 0 spiro atoms. The van der Waals surface area contributed by atoms with Crippen LogP contribution in [0.15, 0.2) is 30.9 Å². The third kappa shape index (κ3) is 5.65. The molecule has 0 unspecified atom stereocenters. The Hall–Kier alpha value is -1.69. The summed E-state index contributed by atoms with van der Waals surface area (Å²) in [5.41, 5.74) is 0.740. The Kier molecular flexibility index (Phi) is 6.81. The van der Waals surface area contributed by atoms with Crippen LogP contribution in [0.25, 0.3) is 0 Å². The second-order valence-electron chi connectivity index (χ2n) is 3.70. The number of nitrogens with zero attached hydrogens (tertiary/aromatic N) is 1. The number of hydrogen-bond acceptors (Lipinski definition) is 5. The van der Waals surface area contributed by atoms with Gasteiger partial charge in [-0.1, -0.05) is 6.08 Å². The third-order valence-corrected chi connectivity index (χ3v) is 3.19. The van der Waals surface area contributed by atoms with Crippen LogP contribution in [0.2, 0.25) is 0 Å². The summed E-state index contributed by atoms with van der Waals surface area (Å²) in [6, 6.07) is 4.72. The van der Waals surface area contributed by atoms with Crippen molar-refractivity contribution in [2.45, 2.75) is 6.92 Å². The summed E-state index contributed by atoms with van der Waals surface area (Å²) in [5.74, 6) is 2.33. The predicted octanol–water partition coefficient (Wildman–Crippen LogP) is 3.32. The van der Waals surface area contributed by atoms with Crippen LogP contribution in [-0.2, 0) is 0 Å². The molecule has 0 fully saturated rings. The van der Waals surface area contributed by atoms with E-state index in [1.54, 1.807) is 17.8 Å². The molecular weight excluding hydrogens is 264 g/mol. The molecule has 0 aliphatic heterocycles. The lowest BCUT2D eigenvalue weighted by Crippen LogP contribution is -2.05.